The van der Waals surface area contributed by atoms with Crippen LogP contribution in [0.25, 0.3) is 22.3 Å². The molecule has 0 saturated carbocycles. The van der Waals surface area contributed by atoms with Gasteiger partial charge in [-0.15, -0.1) is 0 Å². The Kier molecular flexibility index (Phi) is 4.55. The summed E-state index contributed by atoms with van der Waals surface area (Å²) in [6.45, 7) is 4.65. The van der Waals surface area contributed by atoms with Crippen molar-refractivity contribution < 1.29 is 13.6 Å². The molecule has 0 radical (unpaired) electrons. The van der Waals surface area contributed by atoms with Gasteiger partial charge in [-0.1, -0.05) is 6.07 Å². The van der Waals surface area contributed by atoms with Gasteiger partial charge in [0.1, 0.15) is 22.9 Å². The first-order valence-corrected chi connectivity index (χ1v) is 8.86. The number of hydrogen-bond donors (Lipinski definition) is 0. The lowest BCUT2D eigenvalue weighted by molar-refractivity contribution is 0.415. The van der Waals surface area contributed by atoms with Crippen molar-refractivity contribution in [1.82, 2.24) is 0 Å². The average Bonchev–Trinajstić information content (AvgIpc) is 3.19. The van der Waals surface area contributed by atoms with Crippen LogP contribution in [0.1, 0.15) is 16.9 Å². The first kappa shape index (κ1) is 17.2. The van der Waals surface area contributed by atoms with Crippen LogP contribution in [-0.2, 0) is 6.54 Å². The highest BCUT2D eigenvalue weighted by molar-refractivity contribution is 5.82. The average molecular weight is 359 g/mol. The van der Waals surface area contributed by atoms with Crippen molar-refractivity contribution in [3.05, 3.63) is 83.1 Å². The fraction of sp³-hybridized carbons (Fsp3) is 0.174. The summed E-state index contributed by atoms with van der Waals surface area (Å²) in [7, 11) is 1.66. The van der Waals surface area contributed by atoms with Crippen molar-refractivity contribution in [1.29, 1.82) is 0 Å². The minimum Gasteiger partial charge on any atom is -0.497 e. The maximum atomic E-state index is 6.24. The minimum absolute atomic E-state index is 0.488. The number of fused-ring (bicyclic) bond motifs is 1. The Morgan fingerprint density at radius 3 is 2.52 bits per heavy atom. The lowest BCUT2D eigenvalue weighted by Crippen LogP contribution is -2.06. The van der Waals surface area contributed by atoms with E-state index in [1.165, 1.54) is 0 Å². The normalized spacial score (nSPS) is 11.9. The quantitative estimate of drug-likeness (QED) is 0.489. The fourth-order valence-corrected chi connectivity index (χ4v) is 3.27. The van der Waals surface area contributed by atoms with E-state index in [0.717, 1.165) is 50.3 Å². The molecule has 4 rings (SSSR count). The van der Waals surface area contributed by atoms with Crippen molar-refractivity contribution in [2.75, 3.05) is 7.11 Å². The van der Waals surface area contributed by atoms with E-state index < -0.39 is 0 Å². The number of ether oxygens (including phenoxy) is 1. The van der Waals surface area contributed by atoms with E-state index >= 15 is 0 Å². The molecule has 0 aliphatic rings. The van der Waals surface area contributed by atoms with Crippen LogP contribution in [0.15, 0.2) is 74.7 Å². The summed E-state index contributed by atoms with van der Waals surface area (Å²) >= 11 is 0. The molecule has 27 heavy (non-hydrogen) atoms. The molecule has 0 saturated heterocycles. The smallest absolute Gasteiger partial charge is 0.137 e. The number of hydrogen-bond acceptors (Lipinski definition) is 4. The Balaban J connectivity index is 1.91. The van der Waals surface area contributed by atoms with Crippen LogP contribution in [0, 0.1) is 13.8 Å². The summed E-state index contributed by atoms with van der Waals surface area (Å²) in [4.78, 5) is 4.81. The first-order chi connectivity index (χ1) is 13.1. The molecule has 4 heteroatoms. The van der Waals surface area contributed by atoms with Crippen LogP contribution in [0.2, 0.25) is 0 Å². The molecule has 4 nitrogen and oxygen atoms in total. The molecule has 0 spiro atoms. The lowest BCUT2D eigenvalue weighted by atomic mass is 10.0. The zero-order valence-corrected chi connectivity index (χ0v) is 15.7. The van der Waals surface area contributed by atoms with Crippen molar-refractivity contribution in [3.63, 3.8) is 0 Å². The second kappa shape index (κ2) is 7.16. The Morgan fingerprint density at radius 2 is 1.81 bits per heavy atom. The van der Waals surface area contributed by atoms with Crippen LogP contribution in [0.4, 0.5) is 0 Å². The fourth-order valence-electron chi connectivity index (χ4n) is 3.27. The van der Waals surface area contributed by atoms with Crippen LogP contribution >= 0.6 is 0 Å². The Labute approximate surface area is 157 Å². The van der Waals surface area contributed by atoms with E-state index in [9.17, 15) is 0 Å². The third-order valence-corrected chi connectivity index (χ3v) is 4.55. The summed E-state index contributed by atoms with van der Waals surface area (Å²) in [5.41, 5.74) is 4.12. The van der Waals surface area contributed by atoms with Gasteiger partial charge in [-0.2, -0.15) is 0 Å². The Bertz CT molecular complexity index is 1140. The monoisotopic (exact) mass is 359 g/mol. The van der Waals surface area contributed by atoms with E-state index in [1.54, 1.807) is 13.4 Å². The predicted molar refractivity (Wildman–Crippen MR) is 106 cm³/mol. The highest BCUT2D eigenvalue weighted by Crippen LogP contribution is 2.26. The largest absolute Gasteiger partial charge is 0.497 e. The second-order valence-electron chi connectivity index (χ2n) is 6.57. The standard InChI is InChI=1S/C23H21NO3/c1-15-11-16(2)23-20(24-14-19-5-4-10-26-19)13-21(27-22(23)12-15)17-6-8-18(25-3)9-7-17/h4-13H,14H2,1-3H3. The summed E-state index contributed by atoms with van der Waals surface area (Å²) in [5, 5.41) is 1.93. The third kappa shape index (κ3) is 3.51. The Hall–Kier alpha value is -3.27. The van der Waals surface area contributed by atoms with Gasteiger partial charge in [-0.25, -0.2) is 0 Å². The van der Waals surface area contributed by atoms with E-state index in [-0.39, 0.29) is 0 Å². The van der Waals surface area contributed by atoms with Gasteiger partial charge >= 0.3 is 0 Å². The highest BCUT2D eigenvalue weighted by atomic mass is 16.5. The number of nitrogens with zero attached hydrogens (tertiary/aromatic N) is 1. The molecule has 0 bridgehead atoms. The lowest BCUT2D eigenvalue weighted by Gasteiger charge is -2.09. The number of benzene rings is 2. The predicted octanol–water partition coefficient (Wildman–Crippen LogP) is 5.42. The molecule has 4 aromatic rings. The minimum atomic E-state index is 0.488. The molecule has 2 heterocycles. The van der Waals surface area contributed by atoms with Crippen LogP contribution in [0.3, 0.4) is 0 Å². The third-order valence-electron chi connectivity index (χ3n) is 4.55. The van der Waals surface area contributed by atoms with Crippen LogP contribution in [0.5, 0.6) is 5.75 Å². The van der Waals surface area contributed by atoms with Crippen molar-refractivity contribution in [3.8, 4) is 17.1 Å². The van der Waals surface area contributed by atoms with Gasteiger partial charge in [-0.3, -0.25) is 4.99 Å². The zero-order chi connectivity index (χ0) is 18.8. The number of aryl methyl sites for hydroxylation is 2. The molecule has 0 fully saturated rings. The van der Waals surface area contributed by atoms with Gasteiger partial charge in [0.25, 0.3) is 0 Å². The topological polar surface area (TPSA) is 47.9 Å². The molecule has 0 unspecified atom stereocenters. The summed E-state index contributed by atoms with van der Waals surface area (Å²) in [6, 6.07) is 17.8. The number of methoxy groups -OCH3 is 1. The maximum Gasteiger partial charge on any atom is 0.137 e. The number of rotatable bonds is 4. The van der Waals surface area contributed by atoms with Gasteiger partial charge in [0.15, 0.2) is 0 Å². The zero-order valence-electron chi connectivity index (χ0n) is 15.7. The van der Waals surface area contributed by atoms with E-state index in [1.807, 2.05) is 42.5 Å². The highest BCUT2D eigenvalue weighted by Gasteiger charge is 2.09. The summed E-state index contributed by atoms with van der Waals surface area (Å²) in [5.74, 6) is 2.42. The number of furan rings is 1. The van der Waals surface area contributed by atoms with E-state index in [4.69, 9.17) is 18.6 Å². The van der Waals surface area contributed by atoms with Gasteiger partial charge in [0, 0.05) is 17.0 Å². The second-order valence-corrected chi connectivity index (χ2v) is 6.57. The molecule has 136 valence electrons. The Morgan fingerprint density at radius 1 is 1.00 bits per heavy atom. The summed E-state index contributed by atoms with van der Waals surface area (Å²) < 4.78 is 16.9. The van der Waals surface area contributed by atoms with Gasteiger partial charge in [0.2, 0.25) is 0 Å². The molecular formula is C23H21NO3. The molecule has 2 aromatic carbocycles. The molecular weight excluding hydrogens is 338 g/mol. The molecule has 0 aliphatic carbocycles. The van der Waals surface area contributed by atoms with Gasteiger partial charge in [0.05, 0.1) is 25.3 Å². The van der Waals surface area contributed by atoms with E-state index in [2.05, 4.69) is 26.0 Å². The molecule has 0 amide bonds. The van der Waals surface area contributed by atoms with Crippen molar-refractivity contribution in [2.45, 2.75) is 20.4 Å². The van der Waals surface area contributed by atoms with Crippen molar-refractivity contribution in [2.24, 2.45) is 4.99 Å². The van der Waals surface area contributed by atoms with Crippen LogP contribution < -0.4 is 10.1 Å². The molecule has 0 atom stereocenters. The summed E-state index contributed by atoms with van der Waals surface area (Å²) in [6.07, 6.45) is 1.67. The maximum absolute atomic E-state index is 6.24. The SMILES string of the molecule is COc1ccc(-c2cc(=NCc3ccco3)c3c(C)cc(C)cc3o2)cc1. The molecule has 0 N–H and O–H groups in total. The first-order valence-electron chi connectivity index (χ1n) is 8.86. The molecule has 2 aromatic heterocycles. The van der Waals surface area contributed by atoms with E-state index in [0.29, 0.717) is 6.54 Å². The van der Waals surface area contributed by atoms with Gasteiger partial charge in [-0.05, 0) is 67.4 Å². The van der Waals surface area contributed by atoms with Gasteiger partial charge < -0.3 is 13.6 Å². The van der Waals surface area contributed by atoms with Crippen molar-refractivity contribution >= 4 is 11.0 Å². The van der Waals surface area contributed by atoms with Crippen LogP contribution in [-0.4, -0.2) is 7.11 Å². The molecule has 0 aliphatic heterocycles.